The number of aromatic nitrogens is 3. The molecule has 0 aliphatic carbocycles. The van der Waals surface area contributed by atoms with E-state index in [0.717, 1.165) is 6.42 Å². The number of H-pyrrole nitrogens is 2. The molecule has 1 rings (SSSR count). The van der Waals surface area contributed by atoms with Crippen molar-refractivity contribution >= 4 is 12.2 Å². The van der Waals surface area contributed by atoms with Gasteiger partial charge < -0.3 is 0 Å². The summed E-state index contributed by atoms with van der Waals surface area (Å²) < 4.78 is 1.92. The predicted octanol–water partition coefficient (Wildman–Crippen LogP) is 1.37. The fourth-order valence-corrected chi connectivity index (χ4v) is 1.38. The molecule has 1 aromatic heterocycles. The van der Waals surface area contributed by atoms with E-state index in [1.165, 1.54) is 4.57 Å². The van der Waals surface area contributed by atoms with Crippen molar-refractivity contribution in [1.29, 1.82) is 0 Å². The van der Waals surface area contributed by atoms with Crippen LogP contribution < -0.4 is 5.69 Å². The van der Waals surface area contributed by atoms with Gasteiger partial charge in [-0.15, -0.1) is 6.58 Å². The molecule has 0 bridgehead atoms. The van der Waals surface area contributed by atoms with Crippen molar-refractivity contribution in [2.45, 2.75) is 19.4 Å². The normalized spacial score (nSPS) is 12.8. The maximum Gasteiger partial charge on any atom is 0.342 e. The lowest BCUT2D eigenvalue weighted by molar-refractivity contribution is 0.532. The van der Waals surface area contributed by atoms with Crippen LogP contribution >= 0.6 is 12.2 Å². The second kappa shape index (κ2) is 3.53. The smallest absolute Gasteiger partial charge is 0.272 e. The Morgan fingerprint density at radius 3 is 2.83 bits per heavy atom. The topological polar surface area (TPSA) is 53.6 Å². The molecule has 0 saturated heterocycles. The summed E-state index contributed by atoms with van der Waals surface area (Å²) in [5.41, 5.74) is -0.200. The Balaban J connectivity index is 3.09. The lowest BCUT2D eigenvalue weighted by atomic mass is 10.2. The van der Waals surface area contributed by atoms with Crippen LogP contribution in [0.1, 0.15) is 19.4 Å². The second-order valence-corrected chi connectivity index (χ2v) is 2.99. The molecule has 5 heteroatoms. The van der Waals surface area contributed by atoms with Crippen LogP contribution in [0, 0.1) is 4.77 Å². The van der Waals surface area contributed by atoms with Gasteiger partial charge in [-0.05, 0) is 25.6 Å². The first-order valence-electron chi connectivity index (χ1n) is 3.67. The third-order valence-electron chi connectivity index (χ3n) is 1.66. The first-order chi connectivity index (χ1) is 5.66. The number of allylic oxidation sites excluding steroid dienone is 1. The molecule has 4 nitrogen and oxygen atoms in total. The predicted molar refractivity (Wildman–Crippen MR) is 49.8 cm³/mol. The standard InChI is InChI=1S/C7H11N3OS/c1-3-4-5(2)10-6(11)8-9-7(10)12/h3,5H,1,4H2,2H3,(H,8,11)(H,9,12). The van der Waals surface area contributed by atoms with Crippen LogP contribution in [0.2, 0.25) is 0 Å². The highest BCUT2D eigenvalue weighted by atomic mass is 32.1. The van der Waals surface area contributed by atoms with Crippen LogP contribution in [-0.4, -0.2) is 14.8 Å². The minimum absolute atomic E-state index is 0.0602. The van der Waals surface area contributed by atoms with Gasteiger partial charge in [-0.2, -0.15) is 0 Å². The van der Waals surface area contributed by atoms with E-state index in [0.29, 0.717) is 4.77 Å². The summed E-state index contributed by atoms with van der Waals surface area (Å²) in [5, 5.41) is 5.00. The van der Waals surface area contributed by atoms with Crippen LogP contribution in [-0.2, 0) is 0 Å². The molecule has 1 atom stereocenters. The van der Waals surface area contributed by atoms with Gasteiger partial charge in [0.15, 0.2) is 4.77 Å². The lowest BCUT2D eigenvalue weighted by Crippen LogP contribution is -2.20. The summed E-state index contributed by atoms with van der Waals surface area (Å²) in [5.74, 6) is 0. The van der Waals surface area contributed by atoms with Gasteiger partial charge in [-0.1, -0.05) is 6.08 Å². The van der Waals surface area contributed by atoms with E-state index in [1.54, 1.807) is 6.08 Å². The average Bonchev–Trinajstić information content (AvgIpc) is 2.32. The molecule has 66 valence electrons. The highest BCUT2D eigenvalue weighted by Crippen LogP contribution is 2.06. The average molecular weight is 185 g/mol. The third-order valence-corrected chi connectivity index (χ3v) is 1.96. The molecular weight excluding hydrogens is 174 g/mol. The summed E-state index contributed by atoms with van der Waals surface area (Å²) in [6.45, 7) is 5.52. The Hall–Kier alpha value is -1.10. The van der Waals surface area contributed by atoms with Crippen LogP contribution in [0.25, 0.3) is 0 Å². The summed E-state index contributed by atoms with van der Waals surface area (Å²) in [4.78, 5) is 11.1. The summed E-state index contributed by atoms with van der Waals surface area (Å²) in [6, 6.07) is 0.0602. The van der Waals surface area contributed by atoms with Gasteiger partial charge >= 0.3 is 5.69 Å². The first-order valence-corrected chi connectivity index (χ1v) is 4.07. The Labute approximate surface area is 74.9 Å². The SMILES string of the molecule is C=CCC(C)n1c(=O)[nH][nH]c1=S. The zero-order chi connectivity index (χ0) is 9.14. The quantitative estimate of drug-likeness (QED) is 0.552. The minimum atomic E-state index is -0.200. The van der Waals surface area contributed by atoms with Crippen LogP contribution in [0.4, 0.5) is 0 Å². The molecule has 0 amide bonds. The Kier molecular flexibility index (Phi) is 2.65. The van der Waals surface area contributed by atoms with Gasteiger partial charge in [-0.25, -0.2) is 9.89 Å². The molecule has 2 N–H and O–H groups in total. The van der Waals surface area contributed by atoms with Crippen molar-refractivity contribution < 1.29 is 0 Å². The monoisotopic (exact) mass is 185 g/mol. The molecule has 0 aliphatic rings. The molecule has 1 heterocycles. The van der Waals surface area contributed by atoms with Crippen LogP contribution in [0.3, 0.4) is 0 Å². The van der Waals surface area contributed by atoms with Crippen LogP contribution in [0.15, 0.2) is 17.4 Å². The lowest BCUT2D eigenvalue weighted by Gasteiger charge is -2.07. The number of aromatic amines is 2. The Morgan fingerprint density at radius 2 is 2.42 bits per heavy atom. The van der Waals surface area contributed by atoms with Crippen molar-refractivity contribution in [2.24, 2.45) is 0 Å². The van der Waals surface area contributed by atoms with Gasteiger partial charge in [-0.3, -0.25) is 9.67 Å². The van der Waals surface area contributed by atoms with E-state index in [-0.39, 0.29) is 11.7 Å². The summed E-state index contributed by atoms with van der Waals surface area (Å²) >= 11 is 4.91. The summed E-state index contributed by atoms with van der Waals surface area (Å²) in [7, 11) is 0. The molecule has 0 spiro atoms. The Bertz CT molecular complexity index is 345. The third kappa shape index (κ3) is 1.55. The molecule has 1 unspecified atom stereocenters. The molecule has 0 aromatic carbocycles. The van der Waals surface area contributed by atoms with Crippen molar-refractivity contribution in [3.05, 3.63) is 27.9 Å². The van der Waals surface area contributed by atoms with E-state index in [4.69, 9.17) is 12.2 Å². The molecule has 0 fully saturated rings. The first kappa shape index (κ1) is 8.99. The fourth-order valence-electron chi connectivity index (χ4n) is 1.07. The summed E-state index contributed by atoms with van der Waals surface area (Å²) in [6.07, 6.45) is 2.49. The zero-order valence-electron chi connectivity index (χ0n) is 6.83. The molecular formula is C7H11N3OS. The number of hydrogen-bond donors (Lipinski definition) is 2. The number of nitrogens with zero attached hydrogens (tertiary/aromatic N) is 1. The maximum absolute atomic E-state index is 11.1. The maximum atomic E-state index is 11.1. The van der Waals surface area contributed by atoms with E-state index in [9.17, 15) is 4.79 Å². The Morgan fingerprint density at radius 1 is 1.75 bits per heavy atom. The highest BCUT2D eigenvalue weighted by Gasteiger charge is 2.06. The molecule has 0 saturated carbocycles. The molecule has 0 aliphatic heterocycles. The van der Waals surface area contributed by atoms with E-state index in [1.807, 2.05) is 6.92 Å². The van der Waals surface area contributed by atoms with Gasteiger partial charge in [0.25, 0.3) is 0 Å². The molecule has 12 heavy (non-hydrogen) atoms. The van der Waals surface area contributed by atoms with Crippen molar-refractivity contribution in [3.8, 4) is 0 Å². The zero-order valence-corrected chi connectivity index (χ0v) is 7.65. The van der Waals surface area contributed by atoms with E-state index >= 15 is 0 Å². The number of hydrogen-bond acceptors (Lipinski definition) is 2. The van der Waals surface area contributed by atoms with Crippen LogP contribution in [0.5, 0.6) is 0 Å². The fraction of sp³-hybridized carbons (Fsp3) is 0.429. The second-order valence-electron chi connectivity index (χ2n) is 2.60. The highest BCUT2D eigenvalue weighted by molar-refractivity contribution is 7.71. The van der Waals surface area contributed by atoms with Crippen molar-refractivity contribution in [1.82, 2.24) is 14.8 Å². The van der Waals surface area contributed by atoms with Crippen molar-refractivity contribution in [2.75, 3.05) is 0 Å². The molecule has 0 radical (unpaired) electrons. The van der Waals surface area contributed by atoms with E-state index < -0.39 is 0 Å². The minimum Gasteiger partial charge on any atom is -0.272 e. The van der Waals surface area contributed by atoms with Gasteiger partial charge in [0.2, 0.25) is 0 Å². The van der Waals surface area contributed by atoms with Gasteiger partial charge in [0.05, 0.1) is 0 Å². The number of nitrogens with one attached hydrogen (secondary N) is 2. The van der Waals surface area contributed by atoms with Gasteiger partial charge in [0, 0.05) is 6.04 Å². The largest absolute Gasteiger partial charge is 0.342 e. The van der Waals surface area contributed by atoms with Crippen molar-refractivity contribution in [3.63, 3.8) is 0 Å². The van der Waals surface area contributed by atoms with Gasteiger partial charge in [0.1, 0.15) is 0 Å². The number of rotatable bonds is 3. The van der Waals surface area contributed by atoms with E-state index in [2.05, 4.69) is 16.8 Å². The molecule has 1 aromatic rings.